The molecule has 1 fully saturated rings. The number of halogens is 2. The predicted octanol–water partition coefficient (Wildman–Crippen LogP) is 4.07. The molecule has 1 aliphatic carbocycles. The number of aromatic nitrogens is 3. The maximum atomic E-state index is 13.4. The molecule has 1 amide bonds. The Bertz CT molecular complexity index is 1100. The number of nitrogens with zero attached hydrogens (tertiary/aromatic N) is 3. The van der Waals surface area contributed by atoms with E-state index in [1.165, 1.54) is 6.20 Å². The number of nitrogen functional groups attached to an aromatic ring is 1. The van der Waals surface area contributed by atoms with Gasteiger partial charge in [-0.1, -0.05) is 6.92 Å². The zero-order valence-electron chi connectivity index (χ0n) is 16.1. The quantitative estimate of drug-likeness (QED) is 0.677. The number of rotatable bonds is 5. The molecule has 3 aromatic rings. The number of amides is 1. The molecule has 0 unspecified atom stereocenters. The van der Waals surface area contributed by atoms with Crippen molar-refractivity contribution in [3.8, 4) is 11.3 Å². The summed E-state index contributed by atoms with van der Waals surface area (Å²) in [6.45, 7) is 2.89. The van der Waals surface area contributed by atoms with E-state index in [1.807, 2.05) is 19.1 Å². The second-order valence-electron chi connectivity index (χ2n) is 7.46. The number of nitrogens with two attached hydrogens (primary N) is 1. The van der Waals surface area contributed by atoms with Gasteiger partial charge in [0.1, 0.15) is 11.6 Å². The maximum Gasteiger partial charge on any atom is 0.248 e. The number of alkyl halides is 2. The van der Waals surface area contributed by atoms with Gasteiger partial charge in [-0.05, 0) is 48.9 Å². The summed E-state index contributed by atoms with van der Waals surface area (Å²) in [5.74, 6) is -4.27. The lowest BCUT2D eigenvalue weighted by atomic mass is 10.0. The number of fused-ring (bicyclic) bond motifs is 1. The third kappa shape index (κ3) is 3.74. The molecule has 0 saturated heterocycles. The van der Waals surface area contributed by atoms with Crippen LogP contribution in [0.15, 0.2) is 36.8 Å². The lowest BCUT2D eigenvalue weighted by Gasteiger charge is -2.11. The van der Waals surface area contributed by atoms with Gasteiger partial charge in [-0.15, -0.1) is 0 Å². The standard InChI is InChI=1S/C21H21F2N5O/c1-3-11-4-5-25-9-14(11)17-6-12-7-18(26-10-15(12)19(24)27-17)28-20(29)13-8-16(13)21(2,22)23/h4-7,9-10,13,16H,3,8H2,1-2H3,(H2,24,27)(H,26,28,29)/t13-,16-/m1/s1. The Morgan fingerprint density at radius 2 is 2.14 bits per heavy atom. The number of hydrogen-bond acceptors (Lipinski definition) is 5. The molecule has 3 N–H and O–H groups in total. The van der Waals surface area contributed by atoms with Crippen molar-refractivity contribution in [2.75, 3.05) is 11.1 Å². The van der Waals surface area contributed by atoms with E-state index in [9.17, 15) is 13.6 Å². The van der Waals surface area contributed by atoms with E-state index in [0.717, 1.165) is 29.9 Å². The van der Waals surface area contributed by atoms with Crippen molar-refractivity contribution in [2.45, 2.75) is 32.6 Å². The summed E-state index contributed by atoms with van der Waals surface area (Å²) < 4.78 is 26.7. The van der Waals surface area contributed by atoms with Crippen LogP contribution in [0.2, 0.25) is 0 Å². The van der Waals surface area contributed by atoms with E-state index in [4.69, 9.17) is 5.73 Å². The van der Waals surface area contributed by atoms with Crippen LogP contribution < -0.4 is 11.1 Å². The third-order valence-electron chi connectivity index (χ3n) is 5.34. The third-order valence-corrected chi connectivity index (χ3v) is 5.34. The SMILES string of the molecule is CCc1ccncc1-c1cc2cc(NC(=O)[C@@H]3C[C@H]3C(C)(F)F)ncc2c(N)n1. The summed E-state index contributed by atoms with van der Waals surface area (Å²) in [5.41, 5.74) is 8.77. The number of carbonyl (C=O) groups is 1. The van der Waals surface area contributed by atoms with Crippen LogP contribution >= 0.6 is 0 Å². The van der Waals surface area contributed by atoms with E-state index in [2.05, 4.69) is 20.3 Å². The van der Waals surface area contributed by atoms with E-state index in [0.29, 0.717) is 22.7 Å². The van der Waals surface area contributed by atoms with E-state index < -0.39 is 23.7 Å². The van der Waals surface area contributed by atoms with Gasteiger partial charge >= 0.3 is 0 Å². The largest absolute Gasteiger partial charge is 0.383 e. The molecule has 1 saturated carbocycles. The Labute approximate surface area is 166 Å². The van der Waals surface area contributed by atoms with Crippen molar-refractivity contribution in [2.24, 2.45) is 11.8 Å². The van der Waals surface area contributed by atoms with Crippen LogP contribution in [-0.2, 0) is 11.2 Å². The summed E-state index contributed by atoms with van der Waals surface area (Å²) in [4.78, 5) is 25.1. The molecular formula is C21H21F2N5O. The summed E-state index contributed by atoms with van der Waals surface area (Å²) in [5, 5.41) is 4.04. The molecule has 3 aromatic heterocycles. The van der Waals surface area contributed by atoms with Crippen LogP contribution in [0.4, 0.5) is 20.4 Å². The second-order valence-corrected chi connectivity index (χ2v) is 7.46. The van der Waals surface area contributed by atoms with Crippen LogP contribution in [0, 0.1) is 11.8 Å². The van der Waals surface area contributed by atoms with Crippen LogP contribution in [0.5, 0.6) is 0 Å². The minimum Gasteiger partial charge on any atom is -0.383 e. The highest BCUT2D eigenvalue weighted by Crippen LogP contribution is 2.49. The number of hydrogen-bond donors (Lipinski definition) is 2. The van der Waals surface area contributed by atoms with Crippen molar-refractivity contribution >= 4 is 28.3 Å². The molecule has 29 heavy (non-hydrogen) atoms. The van der Waals surface area contributed by atoms with Gasteiger partial charge in [0.25, 0.3) is 0 Å². The van der Waals surface area contributed by atoms with Gasteiger partial charge in [0.15, 0.2) is 0 Å². The first-order chi connectivity index (χ1) is 13.8. The van der Waals surface area contributed by atoms with Crippen LogP contribution in [0.1, 0.15) is 25.8 Å². The van der Waals surface area contributed by atoms with Gasteiger partial charge in [0.2, 0.25) is 11.8 Å². The number of anilines is 2. The van der Waals surface area contributed by atoms with Crippen molar-refractivity contribution in [1.29, 1.82) is 0 Å². The number of nitrogens with one attached hydrogen (secondary N) is 1. The van der Waals surface area contributed by atoms with Gasteiger partial charge in [0, 0.05) is 41.4 Å². The van der Waals surface area contributed by atoms with Gasteiger partial charge in [-0.3, -0.25) is 9.78 Å². The molecule has 6 nitrogen and oxygen atoms in total. The molecule has 0 radical (unpaired) electrons. The predicted molar refractivity (Wildman–Crippen MR) is 107 cm³/mol. The molecule has 4 rings (SSSR count). The summed E-state index contributed by atoms with van der Waals surface area (Å²) in [6, 6.07) is 5.47. The fourth-order valence-corrected chi connectivity index (χ4v) is 3.61. The van der Waals surface area contributed by atoms with E-state index >= 15 is 0 Å². The monoisotopic (exact) mass is 397 g/mol. The molecule has 2 atom stereocenters. The summed E-state index contributed by atoms with van der Waals surface area (Å²) in [6.07, 6.45) is 6.01. The Morgan fingerprint density at radius 1 is 1.34 bits per heavy atom. The molecule has 1 aliphatic rings. The first kappa shape index (κ1) is 19.2. The Hall–Kier alpha value is -3.16. The first-order valence-corrected chi connectivity index (χ1v) is 9.46. The van der Waals surface area contributed by atoms with E-state index in [1.54, 1.807) is 18.5 Å². The zero-order valence-corrected chi connectivity index (χ0v) is 16.1. The van der Waals surface area contributed by atoms with Crippen molar-refractivity contribution in [3.63, 3.8) is 0 Å². The lowest BCUT2D eigenvalue weighted by molar-refractivity contribution is -0.119. The number of aryl methyl sites for hydroxylation is 1. The highest BCUT2D eigenvalue weighted by molar-refractivity contribution is 5.98. The van der Waals surface area contributed by atoms with Crippen LogP contribution in [-0.4, -0.2) is 26.8 Å². The average Bonchev–Trinajstić information content (AvgIpc) is 3.49. The molecule has 0 aliphatic heterocycles. The topological polar surface area (TPSA) is 93.8 Å². The van der Waals surface area contributed by atoms with Crippen molar-refractivity contribution in [3.05, 3.63) is 42.4 Å². The van der Waals surface area contributed by atoms with Gasteiger partial charge in [-0.25, -0.2) is 18.7 Å². The van der Waals surface area contributed by atoms with Crippen molar-refractivity contribution in [1.82, 2.24) is 15.0 Å². The second kappa shape index (κ2) is 7.02. The Balaban J connectivity index is 1.64. The lowest BCUT2D eigenvalue weighted by Crippen LogP contribution is -2.21. The smallest absolute Gasteiger partial charge is 0.248 e. The molecule has 150 valence electrons. The normalized spacial score (nSPS) is 18.6. The van der Waals surface area contributed by atoms with Gasteiger partial charge in [-0.2, -0.15) is 0 Å². The molecule has 3 heterocycles. The minimum absolute atomic E-state index is 0.185. The molecular weight excluding hydrogens is 376 g/mol. The molecule has 0 bridgehead atoms. The Kier molecular flexibility index (Phi) is 4.64. The molecule has 0 aromatic carbocycles. The maximum absolute atomic E-state index is 13.4. The molecule has 0 spiro atoms. The van der Waals surface area contributed by atoms with Crippen LogP contribution in [0.25, 0.3) is 22.0 Å². The minimum atomic E-state index is -2.85. The fourth-order valence-electron chi connectivity index (χ4n) is 3.61. The summed E-state index contributed by atoms with van der Waals surface area (Å²) in [7, 11) is 0. The van der Waals surface area contributed by atoms with Gasteiger partial charge < -0.3 is 11.1 Å². The van der Waals surface area contributed by atoms with Gasteiger partial charge in [0.05, 0.1) is 5.69 Å². The summed E-state index contributed by atoms with van der Waals surface area (Å²) >= 11 is 0. The fraction of sp³-hybridized carbons (Fsp3) is 0.333. The highest BCUT2D eigenvalue weighted by atomic mass is 19.3. The number of carbonyl (C=O) groups excluding carboxylic acids is 1. The van der Waals surface area contributed by atoms with E-state index in [-0.39, 0.29) is 6.42 Å². The van der Waals surface area contributed by atoms with Crippen LogP contribution in [0.3, 0.4) is 0 Å². The zero-order chi connectivity index (χ0) is 20.8. The highest BCUT2D eigenvalue weighted by Gasteiger charge is 2.55. The first-order valence-electron chi connectivity index (χ1n) is 9.46. The number of pyridine rings is 3. The molecule has 8 heteroatoms. The van der Waals surface area contributed by atoms with Crippen molar-refractivity contribution < 1.29 is 13.6 Å². The Morgan fingerprint density at radius 3 is 2.83 bits per heavy atom. The average molecular weight is 397 g/mol.